The van der Waals surface area contributed by atoms with Gasteiger partial charge in [-0.1, -0.05) is 48.5 Å². The van der Waals surface area contributed by atoms with Crippen molar-refractivity contribution < 1.29 is 4.79 Å². The Kier molecular flexibility index (Phi) is 6.99. The van der Waals surface area contributed by atoms with E-state index in [9.17, 15) is 4.79 Å². The third-order valence-electron chi connectivity index (χ3n) is 3.90. The van der Waals surface area contributed by atoms with Gasteiger partial charge in [0, 0.05) is 13.6 Å². The zero-order valence-corrected chi connectivity index (χ0v) is 14.7. The molecule has 0 aromatic heterocycles. The minimum Gasteiger partial charge on any atom is -0.341 e. The van der Waals surface area contributed by atoms with Gasteiger partial charge in [0.2, 0.25) is 5.96 Å². The van der Waals surface area contributed by atoms with Crippen molar-refractivity contribution in [3.8, 4) is 0 Å². The highest BCUT2D eigenvalue weighted by Gasteiger charge is 2.15. The molecule has 126 valence electrons. The number of nitrogens with one attached hydrogen (secondary N) is 3. The minimum atomic E-state index is -0.344. The number of halogens is 2. The smallest absolute Gasteiger partial charge is 0.321 e. The van der Waals surface area contributed by atoms with Gasteiger partial charge in [-0.3, -0.25) is 10.3 Å². The summed E-state index contributed by atoms with van der Waals surface area (Å²) < 4.78 is 0. The molecule has 1 aromatic carbocycles. The molecule has 5 nitrogen and oxygen atoms in total. The molecule has 0 aliphatic heterocycles. The van der Waals surface area contributed by atoms with Crippen molar-refractivity contribution in [2.24, 2.45) is 10.9 Å². The van der Waals surface area contributed by atoms with Gasteiger partial charge in [-0.2, -0.15) is 0 Å². The Labute approximate surface area is 146 Å². The molecular weight excluding hydrogens is 335 g/mol. The fourth-order valence-corrected chi connectivity index (χ4v) is 3.10. The molecule has 0 atom stereocenters. The Morgan fingerprint density at radius 3 is 2.48 bits per heavy atom. The summed E-state index contributed by atoms with van der Waals surface area (Å²) in [5.41, 5.74) is 0.537. The lowest BCUT2D eigenvalue weighted by Crippen LogP contribution is -2.41. The van der Waals surface area contributed by atoms with Gasteiger partial charge in [0.15, 0.2) is 0 Å². The molecule has 1 aromatic rings. The van der Waals surface area contributed by atoms with E-state index < -0.39 is 0 Å². The number of urea groups is 1. The lowest BCUT2D eigenvalue weighted by molar-refractivity contribution is 0.247. The molecule has 0 radical (unpaired) electrons. The number of nitrogens with zero attached hydrogens (tertiary/aromatic N) is 1. The fourth-order valence-electron chi connectivity index (χ4n) is 2.61. The van der Waals surface area contributed by atoms with Crippen molar-refractivity contribution in [1.29, 1.82) is 0 Å². The minimum absolute atomic E-state index is 0.344. The predicted octanol–water partition coefficient (Wildman–Crippen LogP) is 4.27. The first kappa shape index (κ1) is 17.9. The van der Waals surface area contributed by atoms with Crippen molar-refractivity contribution in [3.63, 3.8) is 0 Å². The third kappa shape index (κ3) is 5.59. The number of hydrogen-bond donors (Lipinski definition) is 3. The Bertz CT molecular complexity index is 551. The SMILES string of the molecule is CNC(=O)NC(=NCC1CCCCC1)Nc1c(Cl)cccc1Cl. The predicted molar refractivity (Wildman–Crippen MR) is 96.6 cm³/mol. The molecule has 0 unspecified atom stereocenters. The van der Waals surface area contributed by atoms with E-state index in [1.807, 2.05) is 0 Å². The molecule has 1 aliphatic rings. The number of aliphatic imine (C=N–C) groups is 1. The highest BCUT2D eigenvalue weighted by molar-refractivity contribution is 6.39. The van der Waals surface area contributed by atoms with Crippen LogP contribution < -0.4 is 16.0 Å². The van der Waals surface area contributed by atoms with Gasteiger partial charge in [0.1, 0.15) is 0 Å². The van der Waals surface area contributed by atoms with Crippen LogP contribution in [0.15, 0.2) is 23.2 Å². The monoisotopic (exact) mass is 356 g/mol. The first-order valence-corrected chi connectivity index (χ1v) is 8.60. The van der Waals surface area contributed by atoms with Crippen molar-refractivity contribution in [2.45, 2.75) is 32.1 Å². The highest BCUT2D eigenvalue weighted by atomic mass is 35.5. The zero-order chi connectivity index (χ0) is 16.7. The van der Waals surface area contributed by atoms with Gasteiger partial charge >= 0.3 is 6.03 Å². The first-order valence-electron chi connectivity index (χ1n) is 7.84. The number of amides is 2. The summed E-state index contributed by atoms with van der Waals surface area (Å²) in [5.74, 6) is 0.915. The van der Waals surface area contributed by atoms with Gasteiger partial charge in [-0.15, -0.1) is 0 Å². The molecule has 7 heteroatoms. The average molecular weight is 357 g/mol. The second-order valence-electron chi connectivity index (χ2n) is 5.62. The van der Waals surface area contributed by atoms with E-state index in [0.29, 0.717) is 34.2 Å². The Morgan fingerprint density at radius 2 is 1.87 bits per heavy atom. The molecule has 2 rings (SSSR count). The topological polar surface area (TPSA) is 65.5 Å². The van der Waals surface area contributed by atoms with Crippen molar-refractivity contribution in [3.05, 3.63) is 28.2 Å². The van der Waals surface area contributed by atoms with E-state index in [4.69, 9.17) is 23.2 Å². The third-order valence-corrected chi connectivity index (χ3v) is 4.53. The average Bonchev–Trinajstić information content (AvgIpc) is 2.56. The summed E-state index contributed by atoms with van der Waals surface area (Å²) in [6.45, 7) is 0.675. The van der Waals surface area contributed by atoms with Crippen molar-refractivity contribution >= 4 is 40.9 Å². The molecule has 2 amide bonds. The van der Waals surface area contributed by atoms with Crippen LogP contribution in [0.2, 0.25) is 10.0 Å². The maximum atomic E-state index is 11.6. The maximum absolute atomic E-state index is 11.6. The fraction of sp³-hybridized carbons (Fsp3) is 0.500. The van der Waals surface area contributed by atoms with E-state index in [-0.39, 0.29) is 6.03 Å². The molecule has 1 saturated carbocycles. The molecule has 1 aliphatic carbocycles. The number of carbonyl (C=O) groups is 1. The Hall–Kier alpha value is -1.46. The van der Waals surface area contributed by atoms with Crippen molar-refractivity contribution in [2.75, 3.05) is 18.9 Å². The van der Waals surface area contributed by atoms with Gasteiger partial charge in [-0.25, -0.2) is 4.79 Å². The lowest BCUT2D eigenvalue weighted by atomic mass is 9.89. The normalized spacial score (nSPS) is 16.0. The van der Waals surface area contributed by atoms with Crippen LogP contribution in [0.3, 0.4) is 0 Å². The van der Waals surface area contributed by atoms with Crippen LogP contribution in [0, 0.1) is 5.92 Å². The second kappa shape index (κ2) is 8.99. The number of carbonyl (C=O) groups excluding carboxylic acids is 1. The molecule has 23 heavy (non-hydrogen) atoms. The van der Waals surface area contributed by atoms with Crippen LogP contribution in [-0.2, 0) is 0 Å². The zero-order valence-electron chi connectivity index (χ0n) is 13.2. The molecule has 1 fully saturated rings. The molecule has 3 N–H and O–H groups in total. The van der Waals surface area contributed by atoms with E-state index >= 15 is 0 Å². The van der Waals surface area contributed by atoms with E-state index in [2.05, 4.69) is 20.9 Å². The number of para-hydroxylation sites is 1. The van der Waals surface area contributed by atoms with Gasteiger partial charge < -0.3 is 10.6 Å². The van der Waals surface area contributed by atoms with E-state index in [1.165, 1.54) is 32.1 Å². The molecule has 0 heterocycles. The molecule has 0 bridgehead atoms. The molecule has 0 spiro atoms. The van der Waals surface area contributed by atoms with Gasteiger partial charge in [0.25, 0.3) is 0 Å². The van der Waals surface area contributed by atoms with Crippen LogP contribution in [0.4, 0.5) is 10.5 Å². The number of guanidine groups is 1. The van der Waals surface area contributed by atoms with E-state index in [1.54, 1.807) is 25.2 Å². The van der Waals surface area contributed by atoms with Crippen LogP contribution in [0.1, 0.15) is 32.1 Å². The lowest BCUT2D eigenvalue weighted by Gasteiger charge is -2.20. The number of anilines is 1. The summed E-state index contributed by atoms with van der Waals surface area (Å²) in [6.07, 6.45) is 6.18. The quantitative estimate of drug-likeness (QED) is 0.559. The van der Waals surface area contributed by atoms with Crippen LogP contribution in [-0.4, -0.2) is 25.6 Å². The van der Waals surface area contributed by atoms with Gasteiger partial charge in [0.05, 0.1) is 15.7 Å². The van der Waals surface area contributed by atoms with Crippen LogP contribution in [0.25, 0.3) is 0 Å². The standard InChI is InChI=1S/C16H22Cl2N4O/c1-19-16(23)22-15(20-10-11-6-3-2-4-7-11)21-14-12(17)8-5-9-13(14)18/h5,8-9,11H,2-4,6-7,10H2,1H3,(H3,19,20,21,22,23). The van der Waals surface area contributed by atoms with Crippen LogP contribution in [0.5, 0.6) is 0 Å². The molecular formula is C16H22Cl2N4O. The second-order valence-corrected chi connectivity index (χ2v) is 6.43. The maximum Gasteiger partial charge on any atom is 0.321 e. The first-order chi connectivity index (χ1) is 11.1. The summed E-state index contributed by atoms with van der Waals surface area (Å²) in [4.78, 5) is 16.2. The highest BCUT2D eigenvalue weighted by Crippen LogP contribution is 2.29. The van der Waals surface area contributed by atoms with Crippen LogP contribution >= 0.6 is 23.2 Å². The Morgan fingerprint density at radius 1 is 1.22 bits per heavy atom. The van der Waals surface area contributed by atoms with Gasteiger partial charge in [-0.05, 0) is 30.9 Å². The molecule has 0 saturated heterocycles. The largest absolute Gasteiger partial charge is 0.341 e. The summed E-state index contributed by atoms with van der Waals surface area (Å²) in [5, 5.41) is 9.17. The van der Waals surface area contributed by atoms with E-state index in [0.717, 1.165) is 0 Å². The number of benzene rings is 1. The number of hydrogen-bond acceptors (Lipinski definition) is 2. The summed E-state index contributed by atoms with van der Waals surface area (Å²) >= 11 is 12.3. The van der Waals surface area contributed by atoms with Crippen molar-refractivity contribution in [1.82, 2.24) is 10.6 Å². The number of rotatable bonds is 3. The summed E-state index contributed by atoms with van der Waals surface area (Å²) in [7, 11) is 1.55. The Balaban J connectivity index is 2.11. The summed E-state index contributed by atoms with van der Waals surface area (Å²) in [6, 6.07) is 4.88.